The maximum absolute atomic E-state index is 12.6. The number of para-hydroxylation sites is 1. The molecule has 0 saturated heterocycles. The van der Waals surface area contributed by atoms with E-state index < -0.39 is 23.9 Å². The quantitative estimate of drug-likeness (QED) is 0.560. The summed E-state index contributed by atoms with van der Waals surface area (Å²) in [6, 6.07) is 10.8. The molecule has 2 unspecified atom stereocenters. The topological polar surface area (TPSA) is 110 Å². The van der Waals surface area contributed by atoms with E-state index in [4.69, 9.17) is 9.15 Å². The maximum Gasteiger partial charge on any atom is 0.258 e. The number of hydrogen-bond donors (Lipinski definition) is 3. The van der Waals surface area contributed by atoms with Gasteiger partial charge in [0.25, 0.3) is 5.91 Å². The molecule has 1 aromatic carbocycles. The van der Waals surface area contributed by atoms with Gasteiger partial charge in [-0.15, -0.1) is 0 Å². The van der Waals surface area contributed by atoms with Gasteiger partial charge in [0, 0.05) is 0 Å². The molecule has 1 heterocycles. The van der Waals surface area contributed by atoms with Crippen molar-refractivity contribution in [2.45, 2.75) is 39.4 Å². The molecule has 0 aliphatic heterocycles. The second-order valence-electron chi connectivity index (χ2n) is 6.92. The zero-order valence-corrected chi connectivity index (χ0v) is 16.8. The number of benzene rings is 1. The van der Waals surface area contributed by atoms with E-state index >= 15 is 0 Å². The van der Waals surface area contributed by atoms with Crippen LogP contribution in [0.4, 0.5) is 0 Å². The smallest absolute Gasteiger partial charge is 0.258 e. The Morgan fingerprint density at radius 2 is 1.69 bits per heavy atom. The SMILES string of the molecule is CC(NC(=O)C(NC(=O)COc1ccccc1)C(C)C)C(=O)NCc1ccco1. The van der Waals surface area contributed by atoms with Crippen LogP contribution in [0.1, 0.15) is 26.5 Å². The van der Waals surface area contributed by atoms with Crippen LogP contribution < -0.4 is 20.7 Å². The van der Waals surface area contributed by atoms with Crippen molar-refractivity contribution in [3.8, 4) is 5.75 Å². The fourth-order valence-corrected chi connectivity index (χ4v) is 2.52. The molecule has 0 aliphatic rings. The number of carbonyl (C=O) groups excluding carboxylic acids is 3. The first-order valence-corrected chi connectivity index (χ1v) is 9.44. The Morgan fingerprint density at radius 1 is 0.966 bits per heavy atom. The van der Waals surface area contributed by atoms with Crippen molar-refractivity contribution in [3.63, 3.8) is 0 Å². The lowest BCUT2D eigenvalue weighted by atomic mass is 10.0. The van der Waals surface area contributed by atoms with Crippen LogP contribution in [-0.4, -0.2) is 36.4 Å². The third kappa shape index (κ3) is 7.33. The Morgan fingerprint density at radius 3 is 2.31 bits per heavy atom. The molecule has 2 aromatic rings. The van der Waals surface area contributed by atoms with Crippen LogP contribution in [0, 0.1) is 5.92 Å². The largest absolute Gasteiger partial charge is 0.484 e. The summed E-state index contributed by atoms with van der Waals surface area (Å²) in [7, 11) is 0. The monoisotopic (exact) mass is 401 g/mol. The first-order valence-electron chi connectivity index (χ1n) is 9.44. The fraction of sp³-hybridized carbons (Fsp3) is 0.381. The molecule has 8 nitrogen and oxygen atoms in total. The number of rotatable bonds is 10. The maximum atomic E-state index is 12.6. The number of carbonyl (C=O) groups is 3. The Balaban J connectivity index is 1.82. The summed E-state index contributed by atoms with van der Waals surface area (Å²) in [5.74, 6) is -0.200. The van der Waals surface area contributed by atoms with Crippen molar-refractivity contribution >= 4 is 17.7 Å². The number of hydrogen-bond acceptors (Lipinski definition) is 5. The van der Waals surface area contributed by atoms with Gasteiger partial charge < -0.3 is 25.1 Å². The summed E-state index contributed by atoms with van der Waals surface area (Å²) in [6.45, 7) is 5.22. The highest BCUT2D eigenvalue weighted by Crippen LogP contribution is 2.08. The van der Waals surface area contributed by atoms with Crippen LogP contribution >= 0.6 is 0 Å². The van der Waals surface area contributed by atoms with Crippen molar-refractivity contribution < 1.29 is 23.5 Å². The Kier molecular flexibility index (Phi) is 8.27. The van der Waals surface area contributed by atoms with Gasteiger partial charge in [-0.25, -0.2) is 0 Å². The van der Waals surface area contributed by atoms with Crippen molar-refractivity contribution in [1.29, 1.82) is 0 Å². The number of ether oxygens (including phenoxy) is 1. The van der Waals surface area contributed by atoms with Gasteiger partial charge in [-0.2, -0.15) is 0 Å². The molecule has 29 heavy (non-hydrogen) atoms. The van der Waals surface area contributed by atoms with Gasteiger partial charge in [-0.1, -0.05) is 32.0 Å². The predicted octanol–water partition coefficient (Wildman–Crippen LogP) is 1.62. The van der Waals surface area contributed by atoms with Crippen LogP contribution in [0.3, 0.4) is 0 Å². The van der Waals surface area contributed by atoms with E-state index in [2.05, 4.69) is 16.0 Å². The summed E-state index contributed by atoms with van der Waals surface area (Å²) < 4.78 is 10.5. The first-order chi connectivity index (χ1) is 13.9. The lowest BCUT2D eigenvalue weighted by Gasteiger charge is -2.23. The van der Waals surface area contributed by atoms with Gasteiger partial charge >= 0.3 is 0 Å². The van der Waals surface area contributed by atoms with Gasteiger partial charge in [0.05, 0.1) is 12.8 Å². The molecule has 0 radical (unpaired) electrons. The Bertz CT molecular complexity index is 790. The third-order valence-electron chi connectivity index (χ3n) is 4.15. The number of nitrogens with one attached hydrogen (secondary N) is 3. The number of amides is 3. The van der Waals surface area contributed by atoms with Crippen molar-refractivity contribution in [2.75, 3.05) is 6.61 Å². The molecule has 0 aliphatic carbocycles. The highest BCUT2D eigenvalue weighted by Gasteiger charge is 2.27. The molecule has 8 heteroatoms. The average molecular weight is 401 g/mol. The van der Waals surface area contributed by atoms with Crippen LogP contribution in [-0.2, 0) is 20.9 Å². The van der Waals surface area contributed by atoms with Crippen molar-refractivity contribution in [2.24, 2.45) is 5.92 Å². The molecule has 0 fully saturated rings. The minimum Gasteiger partial charge on any atom is -0.484 e. The van der Waals surface area contributed by atoms with Crippen LogP contribution in [0.25, 0.3) is 0 Å². The Hall–Kier alpha value is -3.29. The summed E-state index contributed by atoms with van der Waals surface area (Å²) in [5, 5.41) is 7.98. The molecule has 1 aromatic heterocycles. The van der Waals surface area contributed by atoms with Gasteiger partial charge in [-0.05, 0) is 37.1 Å². The zero-order chi connectivity index (χ0) is 21.2. The number of furan rings is 1. The van der Waals surface area contributed by atoms with E-state index in [9.17, 15) is 14.4 Å². The predicted molar refractivity (Wildman–Crippen MR) is 107 cm³/mol. The zero-order valence-electron chi connectivity index (χ0n) is 16.8. The third-order valence-corrected chi connectivity index (χ3v) is 4.15. The second-order valence-corrected chi connectivity index (χ2v) is 6.92. The van der Waals surface area contributed by atoms with E-state index in [1.165, 1.54) is 6.26 Å². The molecule has 3 amide bonds. The summed E-state index contributed by atoms with van der Waals surface area (Å²) in [5.41, 5.74) is 0. The van der Waals surface area contributed by atoms with Crippen molar-refractivity contribution in [3.05, 3.63) is 54.5 Å². The standard InChI is InChI=1S/C21H27N3O5/c1-14(2)19(24-18(25)13-29-16-8-5-4-6-9-16)21(27)23-15(3)20(26)22-12-17-10-7-11-28-17/h4-11,14-15,19H,12-13H2,1-3H3,(H,22,26)(H,23,27)(H,24,25). The average Bonchev–Trinajstić information content (AvgIpc) is 3.22. The second kappa shape index (κ2) is 10.9. The van der Waals surface area contributed by atoms with E-state index in [-0.39, 0.29) is 25.0 Å². The fourth-order valence-electron chi connectivity index (χ4n) is 2.52. The van der Waals surface area contributed by atoms with Gasteiger partial charge in [0.2, 0.25) is 11.8 Å². The minimum atomic E-state index is -0.790. The minimum absolute atomic E-state index is 0.172. The molecule has 0 saturated carbocycles. The van der Waals surface area contributed by atoms with Gasteiger partial charge in [-0.3, -0.25) is 14.4 Å². The molecule has 0 spiro atoms. The molecule has 2 rings (SSSR count). The highest BCUT2D eigenvalue weighted by atomic mass is 16.5. The molecule has 156 valence electrons. The highest BCUT2D eigenvalue weighted by molar-refractivity contribution is 5.92. The lowest BCUT2D eigenvalue weighted by molar-refractivity contribution is -0.133. The van der Waals surface area contributed by atoms with E-state index in [0.717, 1.165) is 0 Å². The Labute approximate surface area is 170 Å². The van der Waals surface area contributed by atoms with Crippen LogP contribution in [0.15, 0.2) is 53.1 Å². The summed E-state index contributed by atoms with van der Waals surface area (Å²) in [6.07, 6.45) is 1.52. The normalized spacial score (nSPS) is 12.7. The lowest BCUT2D eigenvalue weighted by Crippen LogP contribution is -2.55. The molecular weight excluding hydrogens is 374 g/mol. The molecule has 0 bridgehead atoms. The summed E-state index contributed by atoms with van der Waals surface area (Å²) in [4.78, 5) is 36.9. The van der Waals surface area contributed by atoms with E-state index in [0.29, 0.717) is 11.5 Å². The van der Waals surface area contributed by atoms with Crippen molar-refractivity contribution in [1.82, 2.24) is 16.0 Å². The van der Waals surface area contributed by atoms with Gasteiger partial charge in [0.15, 0.2) is 6.61 Å². The summed E-state index contributed by atoms with van der Waals surface area (Å²) >= 11 is 0. The van der Waals surface area contributed by atoms with E-state index in [1.807, 2.05) is 19.9 Å². The molecular formula is C21H27N3O5. The molecule has 3 N–H and O–H groups in total. The van der Waals surface area contributed by atoms with Crippen LogP contribution in [0.2, 0.25) is 0 Å². The molecule has 2 atom stereocenters. The van der Waals surface area contributed by atoms with E-state index in [1.54, 1.807) is 43.3 Å². The van der Waals surface area contributed by atoms with Crippen LogP contribution in [0.5, 0.6) is 5.75 Å². The first kappa shape index (κ1) is 22.0. The van der Waals surface area contributed by atoms with Gasteiger partial charge in [0.1, 0.15) is 23.6 Å².